The van der Waals surface area contributed by atoms with Gasteiger partial charge in [-0.2, -0.15) is 0 Å². The molecule has 1 fully saturated rings. The first-order valence-electron chi connectivity index (χ1n) is 4.54. The number of aryl methyl sites for hydroxylation is 1. The SMILES string of the molecule is Cc1cc(C2(N)CCC2)cc(Cl)n1. The molecule has 0 aliphatic heterocycles. The summed E-state index contributed by atoms with van der Waals surface area (Å²) in [5.74, 6) is 0. The van der Waals surface area contributed by atoms with E-state index in [1.54, 1.807) is 0 Å². The standard InChI is InChI=1S/C10H13ClN2/c1-7-5-8(6-9(11)13-7)10(12)3-2-4-10/h5-6H,2-4,12H2,1H3. The third-order valence-electron chi connectivity index (χ3n) is 2.74. The second kappa shape index (κ2) is 2.96. The molecule has 2 N–H and O–H groups in total. The molecule has 1 aromatic rings. The van der Waals surface area contributed by atoms with Gasteiger partial charge in [0.2, 0.25) is 0 Å². The third-order valence-corrected chi connectivity index (χ3v) is 2.94. The van der Waals surface area contributed by atoms with E-state index >= 15 is 0 Å². The van der Waals surface area contributed by atoms with E-state index in [-0.39, 0.29) is 5.54 Å². The van der Waals surface area contributed by atoms with Crippen molar-refractivity contribution >= 4 is 11.6 Å². The fourth-order valence-electron chi connectivity index (χ4n) is 1.76. The molecule has 0 unspecified atom stereocenters. The van der Waals surface area contributed by atoms with Crippen molar-refractivity contribution in [1.29, 1.82) is 0 Å². The molecule has 3 heteroatoms. The Morgan fingerprint density at radius 2 is 2.15 bits per heavy atom. The van der Waals surface area contributed by atoms with Gasteiger partial charge in [-0.3, -0.25) is 0 Å². The Morgan fingerprint density at radius 3 is 2.62 bits per heavy atom. The Bertz CT molecular complexity index is 311. The van der Waals surface area contributed by atoms with Crippen LogP contribution in [0.25, 0.3) is 0 Å². The predicted molar refractivity (Wildman–Crippen MR) is 53.7 cm³/mol. The lowest BCUT2D eigenvalue weighted by Crippen LogP contribution is -2.43. The van der Waals surface area contributed by atoms with Crippen LogP contribution < -0.4 is 5.73 Å². The van der Waals surface area contributed by atoms with Crippen LogP contribution in [0.3, 0.4) is 0 Å². The molecular weight excluding hydrogens is 184 g/mol. The summed E-state index contributed by atoms with van der Waals surface area (Å²) in [5, 5.41) is 0.548. The maximum Gasteiger partial charge on any atom is 0.129 e. The number of pyridine rings is 1. The third kappa shape index (κ3) is 1.56. The first kappa shape index (κ1) is 8.97. The normalized spacial score (nSPS) is 19.6. The van der Waals surface area contributed by atoms with Crippen molar-refractivity contribution in [2.75, 3.05) is 0 Å². The Kier molecular flexibility index (Phi) is 2.05. The van der Waals surface area contributed by atoms with E-state index < -0.39 is 0 Å². The highest BCUT2D eigenvalue weighted by molar-refractivity contribution is 6.29. The van der Waals surface area contributed by atoms with Gasteiger partial charge in [-0.05, 0) is 43.9 Å². The lowest BCUT2D eigenvalue weighted by atomic mass is 9.73. The summed E-state index contributed by atoms with van der Waals surface area (Å²) in [6, 6.07) is 3.92. The summed E-state index contributed by atoms with van der Waals surface area (Å²) < 4.78 is 0. The highest BCUT2D eigenvalue weighted by Gasteiger charge is 2.34. The molecule has 2 nitrogen and oxygen atoms in total. The van der Waals surface area contributed by atoms with Gasteiger partial charge in [-0.15, -0.1) is 0 Å². The van der Waals surface area contributed by atoms with E-state index in [0.29, 0.717) is 5.15 Å². The molecule has 70 valence electrons. The second-order valence-electron chi connectivity index (χ2n) is 3.83. The zero-order valence-electron chi connectivity index (χ0n) is 7.68. The van der Waals surface area contributed by atoms with Gasteiger partial charge in [-0.1, -0.05) is 11.6 Å². The van der Waals surface area contributed by atoms with Crippen LogP contribution in [0.4, 0.5) is 0 Å². The summed E-state index contributed by atoms with van der Waals surface area (Å²) in [6.45, 7) is 1.94. The summed E-state index contributed by atoms with van der Waals surface area (Å²) in [6.07, 6.45) is 3.34. The Hall–Kier alpha value is -0.600. The first-order chi connectivity index (χ1) is 6.10. The number of rotatable bonds is 1. The van der Waals surface area contributed by atoms with Crippen molar-refractivity contribution in [2.45, 2.75) is 31.7 Å². The summed E-state index contributed by atoms with van der Waals surface area (Å²) >= 11 is 5.87. The molecule has 0 amide bonds. The number of aromatic nitrogens is 1. The van der Waals surface area contributed by atoms with Crippen LogP contribution in [-0.2, 0) is 5.54 Å². The van der Waals surface area contributed by atoms with Gasteiger partial charge in [0.05, 0.1) is 0 Å². The molecular formula is C10H13ClN2. The summed E-state index contributed by atoms with van der Waals surface area (Å²) in [4.78, 5) is 4.12. The highest BCUT2D eigenvalue weighted by atomic mass is 35.5. The van der Waals surface area contributed by atoms with Crippen LogP contribution in [0, 0.1) is 6.92 Å². The summed E-state index contributed by atoms with van der Waals surface area (Å²) in [7, 11) is 0. The molecule has 0 spiro atoms. The molecule has 2 rings (SSSR count). The largest absolute Gasteiger partial charge is 0.321 e. The van der Waals surface area contributed by atoms with Gasteiger partial charge in [-0.25, -0.2) is 4.98 Å². The van der Waals surface area contributed by atoms with Crippen molar-refractivity contribution in [1.82, 2.24) is 4.98 Å². The molecule has 0 aromatic carbocycles. The number of nitrogens with zero attached hydrogens (tertiary/aromatic N) is 1. The average molecular weight is 197 g/mol. The van der Waals surface area contributed by atoms with Crippen LogP contribution in [0.5, 0.6) is 0 Å². The first-order valence-corrected chi connectivity index (χ1v) is 4.91. The lowest BCUT2D eigenvalue weighted by Gasteiger charge is -2.38. The van der Waals surface area contributed by atoms with Crippen LogP contribution >= 0.6 is 11.6 Å². The average Bonchev–Trinajstić information content (AvgIpc) is 1.98. The van der Waals surface area contributed by atoms with Gasteiger partial charge in [0.15, 0.2) is 0 Å². The van der Waals surface area contributed by atoms with Gasteiger partial charge in [0, 0.05) is 11.2 Å². The minimum atomic E-state index is -0.128. The van der Waals surface area contributed by atoms with Crippen molar-refractivity contribution < 1.29 is 0 Å². The van der Waals surface area contributed by atoms with E-state index in [9.17, 15) is 0 Å². The topological polar surface area (TPSA) is 38.9 Å². The van der Waals surface area contributed by atoms with E-state index in [2.05, 4.69) is 4.98 Å². The van der Waals surface area contributed by atoms with Crippen molar-refractivity contribution in [3.05, 3.63) is 28.5 Å². The molecule has 0 atom stereocenters. The zero-order chi connectivity index (χ0) is 9.47. The molecule has 0 bridgehead atoms. The molecule has 1 aliphatic rings. The maximum atomic E-state index is 6.18. The van der Waals surface area contributed by atoms with E-state index in [1.165, 1.54) is 6.42 Å². The Morgan fingerprint density at radius 1 is 1.46 bits per heavy atom. The van der Waals surface area contributed by atoms with Crippen LogP contribution in [0.2, 0.25) is 5.15 Å². The van der Waals surface area contributed by atoms with Gasteiger partial charge in [0.1, 0.15) is 5.15 Å². The van der Waals surface area contributed by atoms with Gasteiger partial charge >= 0.3 is 0 Å². The van der Waals surface area contributed by atoms with E-state index in [1.807, 2.05) is 19.1 Å². The molecule has 1 aliphatic carbocycles. The zero-order valence-corrected chi connectivity index (χ0v) is 8.43. The lowest BCUT2D eigenvalue weighted by molar-refractivity contribution is 0.253. The highest BCUT2D eigenvalue weighted by Crippen LogP contribution is 2.39. The minimum Gasteiger partial charge on any atom is -0.321 e. The number of nitrogens with two attached hydrogens (primary N) is 1. The van der Waals surface area contributed by atoms with Gasteiger partial charge < -0.3 is 5.73 Å². The number of hydrogen-bond donors (Lipinski definition) is 1. The smallest absolute Gasteiger partial charge is 0.129 e. The molecule has 1 heterocycles. The van der Waals surface area contributed by atoms with Crippen LogP contribution in [0.1, 0.15) is 30.5 Å². The molecule has 0 radical (unpaired) electrons. The Labute approximate surface area is 83.1 Å². The molecule has 13 heavy (non-hydrogen) atoms. The predicted octanol–water partition coefficient (Wildman–Crippen LogP) is 2.38. The fraction of sp³-hybridized carbons (Fsp3) is 0.500. The number of halogens is 1. The molecule has 1 saturated carbocycles. The maximum absolute atomic E-state index is 6.18. The monoisotopic (exact) mass is 196 g/mol. The van der Waals surface area contributed by atoms with Crippen molar-refractivity contribution in [2.24, 2.45) is 5.73 Å². The number of hydrogen-bond acceptors (Lipinski definition) is 2. The quantitative estimate of drug-likeness (QED) is 0.701. The van der Waals surface area contributed by atoms with Crippen LogP contribution in [0.15, 0.2) is 12.1 Å². The van der Waals surface area contributed by atoms with Crippen molar-refractivity contribution in [3.63, 3.8) is 0 Å². The van der Waals surface area contributed by atoms with E-state index in [0.717, 1.165) is 24.1 Å². The van der Waals surface area contributed by atoms with Gasteiger partial charge in [0.25, 0.3) is 0 Å². The van der Waals surface area contributed by atoms with Crippen molar-refractivity contribution in [3.8, 4) is 0 Å². The Balaban J connectivity index is 2.39. The molecule has 1 aromatic heterocycles. The molecule has 0 saturated heterocycles. The van der Waals surface area contributed by atoms with E-state index in [4.69, 9.17) is 17.3 Å². The fourth-order valence-corrected chi connectivity index (χ4v) is 2.01. The van der Waals surface area contributed by atoms with Crippen LogP contribution in [-0.4, -0.2) is 4.98 Å². The summed E-state index contributed by atoms with van der Waals surface area (Å²) in [5.41, 5.74) is 8.13. The minimum absolute atomic E-state index is 0.128. The second-order valence-corrected chi connectivity index (χ2v) is 4.22.